The van der Waals surface area contributed by atoms with Crippen molar-refractivity contribution in [3.05, 3.63) is 0 Å². The lowest BCUT2D eigenvalue weighted by Crippen LogP contribution is -2.59. The van der Waals surface area contributed by atoms with Crippen LogP contribution in [-0.4, -0.2) is 30.8 Å². The number of fused-ring (bicyclic) bond motifs is 1. The number of piperidine rings is 1. The van der Waals surface area contributed by atoms with Crippen molar-refractivity contribution in [3.8, 4) is 0 Å². The van der Waals surface area contributed by atoms with E-state index in [2.05, 4.69) is 10.6 Å². The Kier molecular flexibility index (Phi) is 3.10. The van der Waals surface area contributed by atoms with Gasteiger partial charge < -0.3 is 15.4 Å². The molecule has 2 aliphatic rings. The van der Waals surface area contributed by atoms with Crippen LogP contribution >= 0.6 is 0 Å². The zero-order chi connectivity index (χ0) is 11.8. The molecule has 0 aromatic carbocycles. The van der Waals surface area contributed by atoms with Crippen LogP contribution in [0.25, 0.3) is 0 Å². The molecule has 2 fully saturated rings. The molecule has 2 rings (SSSR count). The van der Waals surface area contributed by atoms with Crippen LogP contribution in [0.3, 0.4) is 0 Å². The molecule has 4 heteroatoms. The van der Waals surface area contributed by atoms with Gasteiger partial charge in [-0.25, -0.2) is 4.79 Å². The Morgan fingerprint density at radius 3 is 2.81 bits per heavy atom. The van der Waals surface area contributed by atoms with E-state index in [1.807, 2.05) is 20.8 Å². The van der Waals surface area contributed by atoms with Crippen molar-refractivity contribution >= 4 is 6.09 Å². The van der Waals surface area contributed by atoms with Gasteiger partial charge in [-0.05, 0) is 52.0 Å². The molecule has 1 saturated carbocycles. The zero-order valence-electron chi connectivity index (χ0n) is 10.4. The summed E-state index contributed by atoms with van der Waals surface area (Å²) in [5.41, 5.74) is -0.405. The topological polar surface area (TPSA) is 50.4 Å². The van der Waals surface area contributed by atoms with Gasteiger partial charge in [0.15, 0.2) is 0 Å². The smallest absolute Gasteiger partial charge is 0.407 e. The summed E-state index contributed by atoms with van der Waals surface area (Å²) in [6.45, 7) is 7.82. The molecular weight excluding hydrogens is 204 g/mol. The van der Waals surface area contributed by atoms with Crippen LogP contribution in [0.15, 0.2) is 0 Å². The second-order valence-electron chi connectivity index (χ2n) is 5.91. The first kappa shape index (κ1) is 11.7. The van der Waals surface area contributed by atoms with Gasteiger partial charge in [0.05, 0.1) is 0 Å². The zero-order valence-corrected chi connectivity index (χ0v) is 10.4. The Labute approximate surface area is 97.1 Å². The highest BCUT2D eigenvalue weighted by Crippen LogP contribution is 2.38. The van der Waals surface area contributed by atoms with Crippen LogP contribution in [0.4, 0.5) is 4.79 Å². The van der Waals surface area contributed by atoms with Crippen LogP contribution in [0.1, 0.15) is 33.6 Å². The van der Waals surface area contributed by atoms with Gasteiger partial charge in [0, 0.05) is 12.6 Å². The summed E-state index contributed by atoms with van der Waals surface area (Å²) in [4.78, 5) is 11.6. The molecule has 0 unspecified atom stereocenters. The van der Waals surface area contributed by atoms with Crippen LogP contribution in [0, 0.1) is 11.8 Å². The number of nitrogens with one attached hydrogen (secondary N) is 2. The van der Waals surface area contributed by atoms with Gasteiger partial charge in [-0.1, -0.05) is 0 Å². The van der Waals surface area contributed by atoms with Gasteiger partial charge in [-0.15, -0.1) is 0 Å². The van der Waals surface area contributed by atoms with E-state index >= 15 is 0 Å². The van der Waals surface area contributed by atoms with Gasteiger partial charge in [0.1, 0.15) is 5.60 Å². The Balaban J connectivity index is 1.76. The van der Waals surface area contributed by atoms with Crippen molar-refractivity contribution in [3.63, 3.8) is 0 Å². The number of carbonyl (C=O) groups is 1. The highest BCUT2D eigenvalue weighted by atomic mass is 16.6. The van der Waals surface area contributed by atoms with Crippen LogP contribution in [-0.2, 0) is 4.74 Å². The third-order valence-electron chi connectivity index (χ3n) is 3.45. The minimum Gasteiger partial charge on any atom is -0.444 e. The molecule has 1 saturated heterocycles. The number of carbonyl (C=O) groups excluding carboxylic acids is 1. The first-order chi connectivity index (χ1) is 7.46. The molecule has 0 aromatic heterocycles. The quantitative estimate of drug-likeness (QED) is 0.712. The molecule has 2 N–H and O–H groups in total. The lowest BCUT2D eigenvalue weighted by Gasteiger charge is -2.48. The predicted molar refractivity (Wildman–Crippen MR) is 62.2 cm³/mol. The summed E-state index contributed by atoms with van der Waals surface area (Å²) >= 11 is 0. The summed E-state index contributed by atoms with van der Waals surface area (Å²) in [5.74, 6) is 1.42. The van der Waals surface area contributed by atoms with Gasteiger partial charge in [-0.2, -0.15) is 0 Å². The van der Waals surface area contributed by atoms with Crippen LogP contribution in [0.2, 0.25) is 0 Å². The van der Waals surface area contributed by atoms with Crippen molar-refractivity contribution in [2.75, 3.05) is 13.1 Å². The average molecular weight is 226 g/mol. The van der Waals surface area contributed by atoms with Crippen molar-refractivity contribution in [2.24, 2.45) is 11.8 Å². The molecule has 0 aromatic rings. The first-order valence-electron chi connectivity index (χ1n) is 6.16. The van der Waals surface area contributed by atoms with E-state index in [0.29, 0.717) is 12.0 Å². The van der Waals surface area contributed by atoms with Gasteiger partial charge in [0.2, 0.25) is 0 Å². The van der Waals surface area contributed by atoms with Crippen molar-refractivity contribution in [1.29, 1.82) is 0 Å². The Morgan fingerprint density at radius 2 is 2.19 bits per heavy atom. The number of hydrogen-bond acceptors (Lipinski definition) is 3. The van der Waals surface area contributed by atoms with E-state index in [-0.39, 0.29) is 6.09 Å². The van der Waals surface area contributed by atoms with E-state index in [9.17, 15) is 4.79 Å². The van der Waals surface area contributed by atoms with E-state index in [1.165, 1.54) is 6.42 Å². The summed E-state index contributed by atoms with van der Waals surface area (Å²) in [7, 11) is 0. The molecule has 92 valence electrons. The molecule has 1 heterocycles. The summed E-state index contributed by atoms with van der Waals surface area (Å²) < 4.78 is 5.25. The van der Waals surface area contributed by atoms with E-state index in [4.69, 9.17) is 4.74 Å². The second-order valence-corrected chi connectivity index (χ2v) is 5.91. The normalized spacial score (nSPS) is 33.6. The number of alkyl carbamates (subject to hydrolysis) is 1. The maximum Gasteiger partial charge on any atom is 0.407 e. The average Bonchev–Trinajstić information content (AvgIpc) is 2.11. The van der Waals surface area contributed by atoms with Crippen LogP contribution < -0.4 is 10.6 Å². The van der Waals surface area contributed by atoms with Crippen molar-refractivity contribution in [2.45, 2.75) is 45.3 Å². The van der Waals surface area contributed by atoms with Crippen LogP contribution in [0.5, 0.6) is 0 Å². The minimum absolute atomic E-state index is 0.276. The maximum atomic E-state index is 11.6. The first-order valence-corrected chi connectivity index (χ1v) is 6.16. The molecule has 1 aliphatic carbocycles. The number of ether oxygens (including phenoxy) is 1. The molecule has 3 atom stereocenters. The van der Waals surface area contributed by atoms with E-state index < -0.39 is 5.60 Å². The third kappa shape index (κ3) is 2.67. The Bertz CT molecular complexity index is 273. The predicted octanol–water partition coefficient (Wildman–Crippen LogP) is 1.51. The molecule has 0 bridgehead atoms. The molecule has 16 heavy (non-hydrogen) atoms. The molecule has 1 aliphatic heterocycles. The summed E-state index contributed by atoms with van der Waals surface area (Å²) in [5, 5.41) is 6.35. The Hall–Kier alpha value is -0.770. The highest BCUT2D eigenvalue weighted by Gasteiger charge is 2.43. The lowest BCUT2D eigenvalue weighted by molar-refractivity contribution is 0.0276. The second kappa shape index (κ2) is 4.24. The third-order valence-corrected chi connectivity index (χ3v) is 3.45. The number of hydrogen-bond donors (Lipinski definition) is 2. The fourth-order valence-corrected chi connectivity index (χ4v) is 2.63. The largest absolute Gasteiger partial charge is 0.444 e. The number of rotatable bonds is 1. The van der Waals surface area contributed by atoms with E-state index in [0.717, 1.165) is 25.4 Å². The number of amides is 1. The van der Waals surface area contributed by atoms with Crippen molar-refractivity contribution in [1.82, 2.24) is 10.6 Å². The molecule has 0 spiro atoms. The SMILES string of the molecule is CC(C)(C)OC(=O)N[C@@H]1C[C@@H]2CCNC[C@H]21. The standard InChI is InChI=1S/C12H22N2O2/c1-12(2,3)16-11(15)14-10-6-8-4-5-13-7-9(8)10/h8-10,13H,4-7H2,1-3H3,(H,14,15)/t8-,9+,10+/m0/s1. The highest BCUT2D eigenvalue weighted by molar-refractivity contribution is 5.68. The van der Waals surface area contributed by atoms with Crippen molar-refractivity contribution < 1.29 is 9.53 Å². The monoisotopic (exact) mass is 226 g/mol. The lowest BCUT2D eigenvalue weighted by atomic mass is 9.66. The molecular formula is C12H22N2O2. The van der Waals surface area contributed by atoms with Gasteiger partial charge in [0.25, 0.3) is 0 Å². The Morgan fingerprint density at radius 1 is 1.44 bits per heavy atom. The minimum atomic E-state index is -0.405. The molecule has 4 nitrogen and oxygen atoms in total. The van der Waals surface area contributed by atoms with Gasteiger partial charge in [-0.3, -0.25) is 0 Å². The maximum absolute atomic E-state index is 11.6. The fourth-order valence-electron chi connectivity index (χ4n) is 2.63. The summed E-state index contributed by atoms with van der Waals surface area (Å²) in [6, 6.07) is 0.313. The molecule has 1 amide bonds. The van der Waals surface area contributed by atoms with Gasteiger partial charge >= 0.3 is 6.09 Å². The van der Waals surface area contributed by atoms with E-state index in [1.54, 1.807) is 0 Å². The fraction of sp³-hybridized carbons (Fsp3) is 0.917. The molecule has 0 radical (unpaired) electrons. The summed E-state index contributed by atoms with van der Waals surface area (Å²) in [6.07, 6.45) is 2.09.